The van der Waals surface area contributed by atoms with Crippen LogP contribution in [0.4, 0.5) is 5.69 Å². The third-order valence-electron chi connectivity index (χ3n) is 5.66. The Hall–Kier alpha value is -3.40. The largest absolute Gasteiger partial charge is 0.318 e. The van der Waals surface area contributed by atoms with Gasteiger partial charge in [-0.25, -0.2) is 13.8 Å². The fraction of sp³-hybridized carbons (Fsp3) is 0.111. The van der Waals surface area contributed by atoms with Crippen LogP contribution in [0.5, 0.6) is 0 Å². The van der Waals surface area contributed by atoms with Crippen molar-refractivity contribution in [3.05, 3.63) is 111 Å². The average Bonchev–Trinajstić information content (AvgIpc) is 3.16. The third kappa shape index (κ3) is 6.12. The lowest BCUT2D eigenvalue weighted by atomic mass is 10.2. The molecule has 1 N–H and O–H groups in total. The van der Waals surface area contributed by atoms with Crippen LogP contribution in [0.1, 0.15) is 17.0 Å². The Morgan fingerprint density at radius 1 is 1.03 bits per heavy atom. The summed E-state index contributed by atoms with van der Waals surface area (Å²) in [6, 6.07) is 24.2. The van der Waals surface area contributed by atoms with Crippen molar-refractivity contribution in [2.45, 2.75) is 18.7 Å². The number of aromatic nitrogens is 1. The fourth-order valence-electron chi connectivity index (χ4n) is 3.91. The van der Waals surface area contributed by atoms with Gasteiger partial charge in [-0.15, -0.1) is 0 Å². The zero-order valence-electron chi connectivity index (χ0n) is 20.1. The van der Waals surface area contributed by atoms with Crippen LogP contribution in [0.3, 0.4) is 0 Å². The maximum Gasteiger partial charge on any atom is 0.264 e. The number of rotatable bonds is 8. The number of amides is 1. The van der Waals surface area contributed by atoms with Gasteiger partial charge in [-0.1, -0.05) is 51.8 Å². The van der Waals surface area contributed by atoms with Gasteiger partial charge in [0, 0.05) is 32.1 Å². The van der Waals surface area contributed by atoms with E-state index in [4.69, 9.17) is 11.6 Å². The third-order valence-corrected chi connectivity index (χ3v) is 8.20. The first-order valence-corrected chi connectivity index (χ1v) is 13.9. The summed E-state index contributed by atoms with van der Waals surface area (Å²) in [4.78, 5) is 12.9. The van der Waals surface area contributed by atoms with Gasteiger partial charge in [-0.05, 0) is 74.5 Å². The van der Waals surface area contributed by atoms with E-state index in [9.17, 15) is 13.2 Å². The van der Waals surface area contributed by atoms with Crippen molar-refractivity contribution in [3.63, 3.8) is 0 Å². The highest BCUT2D eigenvalue weighted by Gasteiger charge is 2.27. The minimum absolute atomic E-state index is 0.0842. The van der Waals surface area contributed by atoms with Gasteiger partial charge in [0.05, 0.1) is 16.8 Å². The molecule has 3 aromatic carbocycles. The van der Waals surface area contributed by atoms with Crippen molar-refractivity contribution in [1.29, 1.82) is 0 Å². The van der Waals surface area contributed by atoms with Gasteiger partial charge in [-0.2, -0.15) is 5.10 Å². The number of anilines is 1. The van der Waals surface area contributed by atoms with E-state index in [0.29, 0.717) is 15.2 Å². The maximum atomic E-state index is 13.4. The number of hydrogen-bond donors (Lipinski definition) is 1. The molecular formula is C27H24BrClN4O3S. The van der Waals surface area contributed by atoms with Crippen LogP contribution in [-0.2, 0) is 14.8 Å². The molecule has 10 heteroatoms. The van der Waals surface area contributed by atoms with E-state index in [1.807, 2.05) is 44.2 Å². The van der Waals surface area contributed by atoms with Gasteiger partial charge in [0.25, 0.3) is 15.9 Å². The Kier molecular flexibility index (Phi) is 8.16. The Labute approximate surface area is 229 Å². The van der Waals surface area contributed by atoms with Gasteiger partial charge in [0.1, 0.15) is 6.54 Å². The first-order valence-electron chi connectivity index (χ1n) is 11.3. The number of sulfonamides is 1. The standard InChI is InChI=1S/C27H24BrClN4O3S/c1-19-15-21(20(2)33(19)24-13-11-23(29)12-14-24)17-30-31-27(34)18-32(25-8-6-7-22(28)16-25)37(35,36)26-9-4-3-5-10-26/h3-17H,18H2,1-2H3,(H,31,34)/b30-17-. The van der Waals surface area contributed by atoms with Gasteiger partial charge in [-0.3, -0.25) is 9.10 Å². The monoisotopic (exact) mass is 598 g/mol. The van der Waals surface area contributed by atoms with Crippen LogP contribution >= 0.6 is 27.5 Å². The molecule has 0 aliphatic rings. The minimum atomic E-state index is -4.00. The Morgan fingerprint density at radius 2 is 1.73 bits per heavy atom. The molecule has 0 unspecified atom stereocenters. The number of nitrogens with zero attached hydrogens (tertiary/aromatic N) is 3. The van der Waals surface area contributed by atoms with Gasteiger partial charge < -0.3 is 4.57 Å². The summed E-state index contributed by atoms with van der Waals surface area (Å²) < 4.78 is 30.6. The summed E-state index contributed by atoms with van der Waals surface area (Å²) in [7, 11) is -4.00. The summed E-state index contributed by atoms with van der Waals surface area (Å²) in [6.45, 7) is 3.48. The SMILES string of the molecule is Cc1cc(/C=N\NC(=O)CN(c2cccc(Br)c2)S(=O)(=O)c2ccccc2)c(C)n1-c1ccc(Cl)cc1. The van der Waals surface area contributed by atoms with E-state index in [-0.39, 0.29) is 4.90 Å². The minimum Gasteiger partial charge on any atom is -0.318 e. The molecule has 0 bridgehead atoms. The number of hydrazone groups is 1. The van der Waals surface area contributed by atoms with Crippen molar-refractivity contribution in [2.75, 3.05) is 10.8 Å². The molecule has 0 aliphatic heterocycles. The average molecular weight is 600 g/mol. The van der Waals surface area contributed by atoms with E-state index in [1.54, 1.807) is 48.7 Å². The molecule has 1 aromatic heterocycles. The molecular weight excluding hydrogens is 576 g/mol. The molecule has 4 aromatic rings. The summed E-state index contributed by atoms with van der Waals surface area (Å²) in [5.74, 6) is -0.581. The molecule has 0 fully saturated rings. The normalized spacial score (nSPS) is 11.6. The van der Waals surface area contributed by atoms with E-state index < -0.39 is 22.5 Å². The molecule has 0 saturated carbocycles. The van der Waals surface area contributed by atoms with Crippen LogP contribution in [-0.4, -0.2) is 31.7 Å². The first-order chi connectivity index (χ1) is 17.7. The molecule has 0 aliphatic carbocycles. The number of carbonyl (C=O) groups excluding carboxylic acids is 1. The number of hydrogen-bond acceptors (Lipinski definition) is 4. The second-order valence-electron chi connectivity index (χ2n) is 8.24. The maximum absolute atomic E-state index is 13.4. The molecule has 1 amide bonds. The Bertz CT molecular complexity index is 1550. The van der Waals surface area contributed by atoms with Crippen molar-refractivity contribution >= 4 is 55.4 Å². The zero-order valence-corrected chi connectivity index (χ0v) is 23.3. The lowest BCUT2D eigenvalue weighted by Crippen LogP contribution is -2.39. The zero-order chi connectivity index (χ0) is 26.6. The lowest BCUT2D eigenvalue weighted by molar-refractivity contribution is -0.119. The quantitative estimate of drug-likeness (QED) is 0.204. The highest BCUT2D eigenvalue weighted by atomic mass is 79.9. The Morgan fingerprint density at radius 3 is 2.41 bits per heavy atom. The lowest BCUT2D eigenvalue weighted by Gasteiger charge is -2.23. The number of carbonyl (C=O) groups is 1. The first kappa shape index (κ1) is 26.7. The van der Waals surface area contributed by atoms with E-state index in [2.05, 4.69) is 31.0 Å². The molecule has 0 saturated heterocycles. The molecule has 1 heterocycles. The molecule has 0 radical (unpaired) electrons. The molecule has 37 heavy (non-hydrogen) atoms. The van der Waals surface area contributed by atoms with Crippen molar-refractivity contribution < 1.29 is 13.2 Å². The van der Waals surface area contributed by atoms with Crippen molar-refractivity contribution in [1.82, 2.24) is 9.99 Å². The number of aryl methyl sites for hydroxylation is 1. The highest BCUT2D eigenvalue weighted by molar-refractivity contribution is 9.10. The van der Waals surface area contributed by atoms with E-state index in [1.165, 1.54) is 12.1 Å². The summed E-state index contributed by atoms with van der Waals surface area (Å²) in [6.07, 6.45) is 1.54. The second kappa shape index (κ2) is 11.3. The van der Waals surface area contributed by atoms with Crippen molar-refractivity contribution in [3.8, 4) is 5.69 Å². The number of benzene rings is 3. The van der Waals surface area contributed by atoms with Gasteiger partial charge in [0.2, 0.25) is 0 Å². The fourth-order valence-corrected chi connectivity index (χ4v) is 5.86. The summed E-state index contributed by atoms with van der Waals surface area (Å²) in [5.41, 5.74) is 6.50. The second-order valence-corrected chi connectivity index (χ2v) is 11.5. The molecule has 4 rings (SSSR count). The van der Waals surface area contributed by atoms with E-state index >= 15 is 0 Å². The van der Waals surface area contributed by atoms with Crippen LogP contribution in [0.25, 0.3) is 5.69 Å². The summed E-state index contributed by atoms with van der Waals surface area (Å²) >= 11 is 9.38. The van der Waals surface area contributed by atoms with Crippen LogP contribution in [0, 0.1) is 13.8 Å². The van der Waals surface area contributed by atoms with Crippen LogP contribution in [0.2, 0.25) is 5.02 Å². The summed E-state index contributed by atoms with van der Waals surface area (Å²) in [5, 5.41) is 4.75. The Balaban J connectivity index is 1.54. The number of halogens is 2. The highest BCUT2D eigenvalue weighted by Crippen LogP contribution is 2.26. The number of nitrogens with one attached hydrogen (secondary N) is 1. The van der Waals surface area contributed by atoms with Gasteiger partial charge >= 0.3 is 0 Å². The predicted octanol–water partition coefficient (Wildman–Crippen LogP) is 5.86. The predicted molar refractivity (Wildman–Crippen MR) is 151 cm³/mol. The topological polar surface area (TPSA) is 83.8 Å². The molecule has 7 nitrogen and oxygen atoms in total. The van der Waals surface area contributed by atoms with Gasteiger partial charge in [0.15, 0.2) is 0 Å². The van der Waals surface area contributed by atoms with Crippen LogP contribution < -0.4 is 9.73 Å². The van der Waals surface area contributed by atoms with Crippen LogP contribution in [0.15, 0.2) is 99.4 Å². The van der Waals surface area contributed by atoms with Crippen molar-refractivity contribution in [2.24, 2.45) is 5.10 Å². The molecule has 190 valence electrons. The molecule has 0 spiro atoms. The smallest absolute Gasteiger partial charge is 0.264 e. The molecule has 0 atom stereocenters. The van der Waals surface area contributed by atoms with E-state index in [0.717, 1.165) is 26.9 Å².